The van der Waals surface area contributed by atoms with Crippen LogP contribution in [0.2, 0.25) is 0 Å². The molecule has 1 aromatic rings. The van der Waals surface area contributed by atoms with E-state index in [9.17, 15) is 9.59 Å². The van der Waals surface area contributed by atoms with Gasteiger partial charge in [-0.25, -0.2) is 4.68 Å². The van der Waals surface area contributed by atoms with Gasteiger partial charge in [-0.15, -0.1) is 0 Å². The predicted molar refractivity (Wildman–Crippen MR) is 53.2 cm³/mol. The molecule has 6 heteroatoms. The Balaban J connectivity index is 2.74. The number of rotatable bonds is 3. The van der Waals surface area contributed by atoms with Gasteiger partial charge in [0.2, 0.25) is 0 Å². The summed E-state index contributed by atoms with van der Waals surface area (Å²) in [4.78, 5) is 21.7. The average molecular weight is 261 g/mol. The number of halogens is 1. The van der Waals surface area contributed by atoms with Crippen LogP contribution in [0.15, 0.2) is 23.1 Å². The lowest BCUT2D eigenvalue weighted by Gasteiger charge is -2.07. The number of hydrogen-bond donors (Lipinski definition) is 0. The van der Waals surface area contributed by atoms with Crippen LogP contribution in [0.4, 0.5) is 0 Å². The van der Waals surface area contributed by atoms with Crippen LogP contribution in [0.3, 0.4) is 0 Å². The Kier molecular flexibility index (Phi) is 3.82. The van der Waals surface area contributed by atoms with Crippen LogP contribution in [0.1, 0.15) is 0 Å². The van der Waals surface area contributed by atoms with E-state index < -0.39 is 10.8 Å². The standard InChI is InChI=1S/C8H9BrN2O3/c1-14-8(13)6(9)5-11-7(12)3-2-4-10-11/h2-4,6H,5H2,1H3. The molecule has 0 amide bonds. The topological polar surface area (TPSA) is 61.2 Å². The number of carbonyl (C=O) groups excluding carboxylic acids is 1. The summed E-state index contributed by atoms with van der Waals surface area (Å²) >= 11 is 3.10. The van der Waals surface area contributed by atoms with E-state index in [2.05, 4.69) is 25.8 Å². The third-order valence-electron chi connectivity index (χ3n) is 1.58. The molecule has 1 unspecified atom stereocenters. The number of carbonyl (C=O) groups is 1. The largest absolute Gasteiger partial charge is 0.468 e. The Bertz CT molecular complexity index is 377. The fraction of sp³-hybridized carbons (Fsp3) is 0.375. The summed E-state index contributed by atoms with van der Waals surface area (Å²) < 4.78 is 5.69. The molecule has 0 aliphatic carbocycles. The SMILES string of the molecule is COC(=O)C(Br)Cn1ncccc1=O. The maximum atomic E-state index is 11.2. The third kappa shape index (κ3) is 2.66. The molecule has 0 saturated heterocycles. The van der Waals surface area contributed by atoms with Crippen molar-refractivity contribution in [2.45, 2.75) is 11.4 Å². The number of esters is 1. The maximum Gasteiger partial charge on any atom is 0.321 e. The van der Waals surface area contributed by atoms with Gasteiger partial charge in [0.1, 0.15) is 4.83 Å². The summed E-state index contributed by atoms with van der Waals surface area (Å²) in [6, 6.07) is 2.92. The second-order valence-electron chi connectivity index (χ2n) is 2.53. The second kappa shape index (κ2) is 4.90. The van der Waals surface area contributed by atoms with Crippen LogP contribution < -0.4 is 5.56 Å². The summed E-state index contributed by atoms with van der Waals surface area (Å²) in [6.07, 6.45) is 1.48. The Morgan fingerprint density at radius 3 is 3.07 bits per heavy atom. The monoisotopic (exact) mass is 260 g/mol. The van der Waals surface area contributed by atoms with Gasteiger partial charge in [0.25, 0.3) is 5.56 Å². The average Bonchev–Trinajstić information content (AvgIpc) is 2.20. The molecule has 14 heavy (non-hydrogen) atoms. The normalized spacial score (nSPS) is 12.1. The maximum absolute atomic E-state index is 11.2. The van der Waals surface area contributed by atoms with E-state index in [1.165, 1.54) is 24.1 Å². The van der Waals surface area contributed by atoms with Gasteiger partial charge in [-0.2, -0.15) is 5.10 Å². The molecule has 0 N–H and O–H groups in total. The van der Waals surface area contributed by atoms with Crippen molar-refractivity contribution in [1.82, 2.24) is 9.78 Å². The van der Waals surface area contributed by atoms with E-state index in [1.54, 1.807) is 6.07 Å². The Labute approximate surface area is 88.8 Å². The molecule has 5 nitrogen and oxygen atoms in total. The zero-order valence-electron chi connectivity index (χ0n) is 7.51. The number of ether oxygens (including phenoxy) is 1. The van der Waals surface area contributed by atoms with E-state index in [1.807, 2.05) is 0 Å². The number of hydrogen-bond acceptors (Lipinski definition) is 4. The van der Waals surface area contributed by atoms with E-state index in [4.69, 9.17) is 0 Å². The van der Waals surface area contributed by atoms with Crippen molar-refractivity contribution in [3.63, 3.8) is 0 Å². The highest BCUT2D eigenvalue weighted by atomic mass is 79.9. The molecule has 1 rings (SSSR count). The molecule has 0 fully saturated rings. The van der Waals surface area contributed by atoms with Crippen LogP contribution in [0.5, 0.6) is 0 Å². The first-order valence-electron chi connectivity index (χ1n) is 3.89. The molecule has 1 heterocycles. The Morgan fingerprint density at radius 2 is 2.50 bits per heavy atom. The summed E-state index contributed by atoms with van der Waals surface area (Å²) in [7, 11) is 1.29. The molecule has 76 valence electrons. The molecule has 1 atom stereocenters. The van der Waals surface area contributed by atoms with Gasteiger partial charge in [0.05, 0.1) is 13.7 Å². The second-order valence-corrected chi connectivity index (χ2v) is 3.64. The predicted octanol–water partition coefficient (Wildman–Crippen LogP) is 0.180. The van der Waals surface area contributed by atoms with Gasteiger partial charge in [0, 0.05) is 12.3 Å². The number of nitrogens with zero attached hydrogens (tertiary/aromatic N) is 2. The van der Waals surface area contributed by atoms with Gasteiger partial charge in [-0.1, -0.05) is 15.9 Å². The van der Waals surface area contributed by atoms with Crippen molar-refractivity contribution in [3.8, 4) is 0 Å². The fourth-order valence-corrected chi connectivity index (χ4v) is 1.34. The van der Waals surface area contributed by atoms with Crippen molar-refractivity contribution in [2.24, 2.45) is 0 Å². The lowest BCUT2D eigenvalue weighted by Crippen LogP contribution is -2.29. The molecular formula is C8H9BrN2O3. The highest BCUT2D eigenvalue weighted by Crippen LogP contribution is 2.03. The van der Waals surface area contributed by atoms with Crippen molar-refractivity contribution < 1.29 is 9.53 Å². The van der Waals surface area contributed by atoms with Crippen molar-refractivity contribution >= 4 is 21.9 Å². The molecular weight excluding hydrogens is 252 g/mol. The summed E-state index contributed by atoms with van der Waals surface area (Å²) in [5, 5.41) is 3.80. The van der Waals surface area contributed by atoms with Crippen LogP contribution in [0, 0.1) is 0 Å². The van der Waals surface area contributed by atoms with E-state index in [-0.39, 0.29) is 12.1 Å². The van der Waals surface area contributed by atoms with Gasteiger partial charge < -0.3 is 4.74 Å². The van der Waals surface area contributed by atoms with Crippen LogP contribution in [-0.2, 0) is 16.1 Å². The highest BCUT2D eigenvalue weighted by molar-refractivity contribution is 9.10. The number of methoxy groups -OCH3 is 1. The van der Waals surface area contributed by atoms with Crippen LogP contribution in [0.25, 0.3) is 0 Å². The smallest absolute Gasteiger partial charge is 0.321 e. The minimum absolute atomic E-state index is 0.159. The quantitative estimate of drug-likeness (QED) is 0.575. The van der Waals surface area contributed by atoms with E-state index in [0.717, 1.165) is 0 Å². The Hall–Kier alpha value is -1.17. The first kappa shape index (κ1) is 10.9. The van der Waals surface area contributed by atoms with Crippen LogP contribution in [-0.4, -0.2) is 27.7 Å². The molecule has 0 aliphatic rings. The summed E-state index contributed by atoms with van der Waals surface area (Å²) in [5.41, 5.74) is -0.249. The fourth-order valence-electron chi connectivity index (χ4n) is 0.879. The van der Waals surface area contributed by atoms with Gasteiger partial charge in [-0.05, 0) is 6.07 Å². The third-order valence-corrected chi connectivity index (χ3v) is 2.24. The van der Waals surface area contributed by atoms with Gasteiger partial charge in [-0.3, -0.25) is 9.59 Å². The first-order chi connectivity index (χ1) is 6.65. The van der Waals surface area contributed by atoms with Crippen molar-refractivity contribution in [3.05, 3.63) is 28.7 Å². The lowest BCUT2D eigenvalue weighted by molar-refractivity contribution is -0.140. The summed E-state index contributed by atoms with van der Waals surface area (Å²) in [6.45, 7) is 0.159. The molecule has 0 bridgehead atoms. The molecule has 0 aromatic carbocycles. The lowest BCUT2D eigenvalue weighted by atomic mass is 10.4. The molecule has 1 aromatic heterocycles. The van der Waals surface area contributed by atoms with Crippen molar-refractivity contribution in [1.29, 1.82) is 0 Å². The van der Waals surface area contributed by atoms with E-state index in [0.29, 0.717) is 0 Å². The molecule has 0 aliphatic heterocycles. The van der Waals surface area contributed by atoms with Gasteiger partial charge >= 0.3 is 5.97 Å². The molecule has 0 saturated carbocycles. The van der Waals surface area contributed by atoms with E-state index >= 15 is 0 Å². The zero-order chi connectivity index (χ0) is 10.6. The molecule has 0 spiro atoms. The van der Waals surface area contributed by atoms with Crippen molar-refractivity contribution in [2.75, 3.05) is 7.11 Å². The minimum atomic E-state index is -0.555. The molecule has 0 radical (unpaired) electrons. The highest BCUT2D eigenvalue weighted by Gasteiger charge is 2.16. The number of aromatic nitrogens is 2. The minimum Gasteiger partial charge on any atom is -0.468 e. The van der Waals surface area contributed by atoms with Gasteiger partial charge in [0.15, 0.2) is 0 Å². The Morgan fingerprint density at radius 1 is 1.79 bits per heavy atom. The van der Waals surface area contributed by atoms with Crippen LogP contribution >= 0.6 is 15.9 Å². The number of alkyl halides is 1. The summed E-state index contributed by atoms with van der Waals surface area (Å²) in [5.74, 6) is -0.428. The zero-order valence-corrected chi connectivity index (χ0v) is 9.10. The first-order valence-corrected chi connectivity index (χ1v) is 4.80.